The van der Waals surface area contributed by atoms with Crippen LogP contribution in [0.3, 0.4) is 0 Å². The number of amides is 1. The summed E-state index contributed by atoms with van der Waals surface area (Å²) in [6, 6.07) is 3.62. The van der Waals surface area contributed by atoms with Gasteiger partial charge in [0.2, 0.25) is 0 Å². The predicted molar refractivity (Wildman–Crippen MR) is 76.5 cm³/mol. The van der Waals surface area contributed by atoms with E-state index in [0.717, 1.165) is 25.3 Å². The average molecular weight is 266 g/mol. The van der Waals surface area contributed by atoms with Gasteiger partial charge < -0.3 is 15.0 Å². The van der Waals surface area contributed by atoms with E-state index < -0.39 is 6.09 Å². The molecule has 0 saturated heterocycles. The number of aromatic nitrogens is 1. The van der Waals surface area contributed by atoms with Crippen LogP contribution in [-0.4, -0.2) is 49.8 Å². The molecule has 0 atom stereocenters. The van der Waals surface area contributed by atoms with E-state index in [2.05, 4.69) is 20.5 Å². The molecule has 1 rings (SSSR count). The number of nitrogens with one attached hydrogen (secondary N) is 2. The van der Waals surface area contributed by atoms with Gasteiger partial charge in [-0.05, 0) is 46.1 Å². The van der Waals surface area contributed by atoms with Crippen molar-refractivity contribution < 1.29 is 9.53 Å². The van der Waals surface area contributed by atoms with Crippen LogP contribution < -0.4 is 10.6 Å². The molecule has 0 aliphatic heterocycles. The van der Waals surface area contributed by atoms with Crippen molar-refractivity contribution in [1.29, 1.82) is 0 Å². The highest BCUT2D eigenvalue weighted by atomic mass is 16.5. The predicted octanol–water partition coefficient (Wildman–Crippen LogP) is 2.01. The molecule has 0 aromatic carbocycles. The summed E-state index contributed by atoms with van der Waals surface area (Å²) in [6.07, 6.45) is 2.19. The van der Waals surface area contributed by atoms with Crippen molar-refractivity contribution in [2.45, 2.75) is 13.3 Å². The number of hydrogen-bond acceptors (Lipinski definition) is 5. The molecule has 0 unspecified atom stereocenters. The Labute approximate surface area is 114 Å². The summed E-state index contributed by atoms with van der Waals surface area (Å²) in [6.45, 7) is 4.02. The van der Waals surface area contributed by atoms with Crippen molar-refractivity contribution in [3.63, 3.8) is 0 Å². The molecule has 0 aliphatic rings. The normalized spacial score (nSPS) is 10.3. The van der Waals surface area contributed by atoms with Crippen LogP contribution in [0, 0.1) is 0 Å². The quantitative estimate of drug-likeness (QED) is 0.739. The van der Waals surface area contributed by atoms with Crippen LogP contribution in [0.15, 0.2) is 18.3 Å². The van der Waals surface area contributed by atoms with E-state index in [9.17, 15) is 4.79 Å². The summed E-state index contributed by atoms with van der Waals surface area (Å²) in [5.74, 6) is 0.799. The highest BCUT2D eigenvalue weighted by Crippen LogP contribution is 2.09. The zero-order valence-corrected chi connectivity index (χ0v) is 11.8. The van der Waals surface area contributed by atoms with Gasteiger partial charge in [-0.1, -0.05) is 0 Å². The average Bonchev–Trinajstić information content (AvgIpc) is 2.36. The smallest absolute Gasteiger partial charge is 0.411 e. The second-order valence-corrected chi connectivity index (χ2v) is 4.36. The Morgan fingerprint density at radius 3 is 2.79 bits per heavy atom. The molecule has 2 N–H and O–H groups in total. The summed E-state index contributed by atoms with van der Waals surface area (Å²) in [7, 11) is 4.10. The van der Waals surface area contributed by atoms with Gasteiger partial charge >= 0.3 is 6.09 Å². The fourth-order valence-corrected chi connectivity index (χ4v) is 1.47. The summed E-state index contributed by atoms with van der Waals surface area (Å²) in [4.78, 5) is 17.5. The molecule has 106 valence electrons. The first-order chi connectivity index (χ1) is 9.11. The Kier molecular flexibility index (Phi) is 6.67. The molecule has 1 heterocycles. The number of hydrogen-bond donors (Lipinski definition) is 2. The second-order valence-electron chi connectivity index (χ2n) is 4.36. The third-order valence-corrected chi connectivity index (χ3v) is 2.37. The van der Waals surface area contributed by atoms with E-state index in [1.54, 1.807) is 19.2 Å². The van der Waals surface area contributed by atoms with E-state index in [1.165, 1.54) is 0 Å². The maximum atomic E-state index is 11.2. The van der Waals surface area contributed by atoms with Crippen molar-refractivity contribution >= 4 is 17.6 Å². The van der Waals surface area contributed by atoms with Gasteiger partial charge in [0.1, 0.15) is 5.82 Å². The zero-order valence-electron chi connectivity index (χ0n) is 11.8. The lowest BCUT2D eigenvalue weighted by molar-refractivity contribution is 0.168. The lowest BCUT2D eigenvalue weighted by atomic mass is 10.3. The Hall–Kier alpha value is -1.82. The van der Waals surface area contributed by atoms with Gasteiger partial charge in [0.15, 0.2) is 0 Å². The van der Waals surface area contributed by atoms with E-state index in [0.29, 0.717) is 12.3 Å². The van der Waals surface area contributed by atoms with E-state index in [-0.39, 0.29) is 0 Å². The molecule has 0 fully saturated rings. The highest BCUT2D eigenvalue weighted by molar-refractivity contribution is 5.84. The van der Waals surface area contributed by atoms with Gasteiger partial charge in [-0.3, -0.25) is 5.32 Å². The molecule has 6 nitrogen and oxygen atoms in total. The van der Waals surface area contributed by atoms with Gasteiger partial charge in [0, 0.05) is 6.54 Å². The van der Waals surface area contributed by atoms with Crippen molar-refractivity contribution in [3.05, 3.63) is 18.3 Å². The van der Waals surface area contributed by atoms with E-state index in [4.69, 9.17) is 4.74 Å². The molecule has 0 bridgehead atoms. The minimum Gasteiger partial charge on any atom is -0.450 e. The highest BCUT2D eigenvalue weighted by Gasteiger charge is 2.02. The van der Waals surface area contributed by atoms with Crippen molar-refractivity contribution in [3.8, 4) is 0 Å². The third-order valence-electron chi connectivity index (χ3n) is 2.37. The van der Waals surface area contributed by atoms with E-state index >= 15 is 0 Å². The minimum absolute atomic E-state index is 0.352. The van der Waals surface area contributed by atoms with Gasteiger partial charge in [-0.15, -0.1) is 0 Å². The Balaban J connectivity index is 2.33. The number of pyridine rings is 1. The van der Waals surface area contributed by atoms with Crippen LogP contribution in [0.25, 0.3) is 0 Å². The van der Waals surface area contributed by atoms with Gasteiger partial charge in [-0.25, -0.2) is 9.78 Å². The molecule has 6 heteroatoms. The Morgan fingerprint density at radius 2 is 2.21 bits per heavy atom. The zero-order chi connectivity index (χ0) is 14.1. The SMILES string of the molecule is CCOC(=O)Nc1ccc(NCCCN(C)C)nc1. The Bertz CT molecular complexity index is 379. The minimum atomic E-state index is -0.462. The first-order valence-electron chi connectivity index (χ1n) is 6.40. The molecular weight excluding hydrogens is 244 g/mol. The second kappa shape index (κ2) is 8.31. The first-order valence-corrected chi connectivity index (χ1v) is 6.40. The standard InChI is InChI=1S/C13H22N4O2/c1-4-19-13(18)16-11-6-7-12(15-10-11)14-8-5-9-17(2)3/h6-7,10H,4-5,8-9H2,1-3H3,(H,14,15)(H,16,18). The Morgan fingerprint density at radius 1 is 1.42 bits per heavy atom. The van der Waals surface area contributed by atoms with Crippen molar-refractivity contribution in [1.82, 2.24) is 9.88 Å². The number of anilines is 2. The molecule has 1 aromatic heterocycles. The molecule has 0 spiro atoms. The third kappa shape index (κ3) is 6.61. The summed E-state index contributed by atoms with van der Waals surface area (Å²) in [5.41, 5.74) is 0.622. The molecule has 19 heavy (non-hydrogen) atoms. The fraction of sp³-hybridized carbons (Fsp3) is 0.538. The number of carbonyl (C=O) groups excluding carboxylic acids is 1. The number of nitrogens with zero attached hydrogens (tertiary/aromatic N) is 2. The van der Waals surface area contributed by atoms with Crippen LogP contribution in [0.5, 0.6) is 0 Å². The number of carbonyl (C=O) groups is 1. The van der Waals surface area contributed by atoms with Crippen LogP contribution in [0.2, 0.25) is 0 Å². The maximum Gasteiger partial charge on any atom is 0.411 e. The largest absolute Gasteiger partial charge is 0.450 e. The molecule has 0 aliphatic carbocycles. The molecule has 0 saturated carbocycles. The number of rotatable bonds is 7. The molecule has 1 aromatic rings. The van der Waals surface area contributed by atoms with Gasteiger partial charge in [0.05, 0.1) is 18.5 Å². The maximum absolute atomic E-state index is 11.2. The van der Waals surface area contributed by atoms with Crippen LogP contribution in [0.1, 0.15) is 13.3 Å². The van der Waals surface area contributed by atoms with Crippen LogP contribution in [0.4, 0.5) is 16.3 Å². The molecule has 0 radical (unpaired) electrons. The van der Waals surface area contributed by atoms with Gasteiger partial charge in [-0.2, -0.15) is 0 Å². The summed E-state index contributed by atoms with van der Waals surface area (Å²) < 4.78 is 4.78. The molecule has 1 amide bonds. The number of ether oxygens (including phenoxy) is 1. The molecular formula is C13H22N4O2. The fourth-order valence-electron chi connectivity index (χ4n) is 1.47. The van der Waals surface area contributed by atoms with Crippen molar-refractivity contribution in [2.75, 3.05) is 44.4 Å². The summed E-state index contributed by atoms with van der Waals surface area (Å²) >= 11 is 0. The van der Waals surface area contributed by atoms with Gasteiger partial charge in [0.25, 0.3) is 0 Å². The monoisotopic (exact) mass is 266 g/mol. The van der Waals surface area contributed by atoms with Crippen molar-refractivity contribution in [2.24, 2.45) is 0 Å². The van der Waals surface area contributed by atoms with E-state index in [1.807, 2.05) is 20.2 Å². The lowest BCUT2D eigenvalue weighted by Gasteiger charge is -2.10. The van der Waals surface area contributed by atoms with Crippen LogP contribution in [-0.2, 0) is 4.74 Å². The first kappa shape index (κ1) is 15.2. The van der Waals surface area contributed by atoms with Crippen LogP contribution >= 0.6 is 0 Å². The topological polar surface area (TPSA) is 66.5 Å². The summed E-state index contributed by atoms with van der Waals surface area (Å²) in [5, 5.41) is 5.82. The lowest BCUT2D eigenvalue weighted by Crippen LogP contribution is -2.16.